The molecule has 3 heterocycles. The molecule has 0 amide bonds. The first-order valence-electron chi connectivity index (χ1n) is 6.74. The molecule has 3 N–H and O–H groups in total. The highest BCUT2D eigenvalue weighted by atomic mass is 15.1. The number of pyridine rings is 2. The molecule has 108 valence electrons. The number of hydrogen-bond donors (Lipinski definition) is 2. The van der Waals surface area contributed by atoms with Gasteiger partial charge < -0.3 is 5.73 Å². The van der Waals surface area contributed by atoms with Crippen molar-refractivity contribution in [3.63, 3.8) is 0 Å². The van der Waals surface area contributed by atoms with Crippen LogP contribution >= 0.6 is 0 Å². The minimum atomic E-state index is 0.207. The van der Waals surface area contributed by atoms with Gasteiger partial charge in [0.15, 0.2) is 0 Å². The summed E-state index contributed by atoms with van der Waals surface area (Å²) in [5, 5.41) is 16.6. The molecule has 0 bridgehead atoms. The Morgan fingerprint density at radius 1 is 1.32 bits per heavy atom. The van der Waals surface area contributed by atoms with Gasteiger partial charge in [0.05, 0.1) is 11.4 Å². The molecule has 3 aromatic rings. The van der Waals surface area contributed by atoms with Crippen molar-refractivity contribution in [2.75, 3.05) is 5.73 Å². The SMILES string of the molecule is Cc1n[nH]c(C)c1-c1cc(-c2cccnc2)nc(N)c1C#N. The smallest absolute Gasteiger partial charge is 0.142 e. The number of nitrogens with zero attached hydrogens (tertiary/aromatic N) is 4. The highest BCUT2D eigenvalue weighted by Gasteiger charge is 2.18. The summed E-state index contributed by atoms with van der Waals surface area (Å²) in [7, 11) is 0. The van der Waals surface area contributed by atoms with E-state index in [0.29, 0.717) is 11.3 Å². The van der Waals surface area contributed by atoms with E-state index in [1.54, 1.807) is 12.4 Å². The van der Waals surface area contributed by atoms with Crippen molar-refractivity contribution in [1.82, 2.24) is 20.2 Å². The van der Waals surface area contributed by atoms with Crippen molar-refractivity contribution < 1.29 is 0 Å². The van der Waals surface area contributed by atoms with Crippen LogP contribution in [0.15, 0.2) is 30.6 Å². The lowest BCUT2D eigenvalue weighted by Gasteiger charge is -2.10. The van der Waals surface area contributed by atoms with E-state index in [1.165, 1.54) is 0 Å². The van der Waals surface area contributed by atoms with Gasteiger partial charge in [-0.3, -0.25) is 10.1 Å². The van der Waals surface area contributed by atoms with Gasteiger partial charge in [-0.15, -0.1) is 0 Å². The van der Waals surface area contributed by atoms with Gasteiger partial charge >= 0.3 is 0 Å². The molecule has 0 radical (unpaired) electrons. The topological polar surface area (TPSA) is 104 Å². The maximum atomic E-state index is 9.43. The molecular weight excluding hydrogens is 276 g/mol. The number of aryl methyl sites for hydroxylation is 2. The fourth-order valence-corrected chi connectivity index (χ4v) is 2.49. The molecule has 0 aliphatic heterocycles. The van der Waals surface area contributed by atoms with Crippen LogP contribution in [0.4, 0.5) is 5.82 Å². The highest BCUT2D eigenvalue weighted by Crippen LogP contribution is 2.33. The third-order valence-corrected chi connectivity index (χ3v) is 3.51. The Bertz CT molecular complexity index is 854. The molecule has 22 heavy (non-hydrogen) atoms. The lowest BCUT2D eigenvalue weighted by Crippen LogP contribution is -2.00. The normalized spacial score (nSPS) is 10.4. The monoisotopic (exact) mass is 290 g/mol. The van der Waals surface area contributed by atoms with Crippen LogP contribution in [0.1, 0.15) is 17.0 Å². The average molecular weight is 290 g/mol. The third kappa shape index (κ3) is 2.19. The lowest BCUT2D eigenvalue weighted by atomic mass is 9.97. The first-order chi connectivity index (χ1) is 10.6. The van der Waals surface area contributed by atoms with Crippen molar-refractivity contribution in [1.29, 1.82) is 5.26 Å². The Morgan fingerprint density at radius 3 is 2.73 bits per heavy atom. The Kier molecular flexibility index (Phi) is 3.31. The first-order valence-corrected chi connectivity index (χ1v) is 6.74. The van der Waals surface area contributed by atoms with Crippen LogP contribution in [0.5, 0.6) is 0 Å². The van der Waals surface area contributed by atoms with Crippen LogP contribution in [0.3, 0.4) is 0 Å². The lowest BCUT2D eigenvalue weighted by molar-refractivity contribution is 1.02. The number of hydrogen-bond acceptors (Lipinski definition) is 5. The van der Waals surface area contributed by atoms with E-state index in [2.05, 4.69) is 26.2 Å². The zero-order valence-corrected chi connectivity index (χ0v) is 12.3. The molecule has 6 nitrogen and oxygen atoms in total. The molecule has 0 saturated carbocycles. The van der Waals surface area contributed by atoms with Crippen LogP contribution in [0.2, 0.25) is 0 Å². The number of H-pyrrole nitrogens is 1. The highest BCUT2D eigenvalue weighted by molar-refractivity contribution is 5.82. The van der Waals surface area contributed by atoms with Crippen molar-refractivity contribution in [3.05, 3.63) is 47.5 Å². The predicted molar refractivity (Wildman–Crippen MR) is 83.7 cm³/mol. The summed E-state index contributed by atoms with van der Waals surface area (Å²) < 4.78 is 0. The van der Waals surface area contributed by atoms with Gasteiger partial charge in [-0.25, -0.2) is 4.98 Å². The second-order valence-corrected chi connectivity index (χ2v) is 4.98. The largest absolute Gasteiger partial charge is 0.383 e. The standard InChI is InChI=1S/C16H14N6/c1-9-15(10(2)22-21-9)12-6-14(11-4-3-5-19-8-11)20-16(18)13(12)7-17/h3-6,8H,1-2H3,(H2,18,20)(H,21,22). The molecule has 0 aliphatic rings. The van der Waals surface area contributed by atoms with Gasteiger partial charge in [0, 0.05) is 34.8 Å². The Balaban J connectivity index is 2.30. The van der Waals surface area contributed by atoms with E-state index in [9.17, 15) is 5.26 Å². The van der Waals surface area contributed by atoms with E-state index in [-0.39, 0.29) is 5.82 Å². The van der Waals surface area contributed by atoms with E-state index >= 15 is 0 Å². The summed E-state index contributed by atoms with van der Waals surface area (Å²) in [6.45, 7) is 3.80. The summed E-state index contributed by atoms with van der Waals surface area (Å²) in [5.74, 6) is 0.207. The van der Waals surface area contributed by atoms with E-state index < -0.39 is 0 Å². The minimum absolute atomic E-state index is 0.207. The van der Waals surface area contributed by atoms with Crippen molar-refractivity contribution in [3.8, 4) is 28.5 Å². The zero-order chi connectivity index (χ0) is 15.7. The fourth-order valence-electron chi connectivity index (χ4n) is 2.49. The molecule has 0 atom stereocenters. The summed E-state index contributed by atoms with van der Waals surface area (Å²) in [6.07, 6.45) is 3.41. The zero-order valence-electron chi connectivity index (χ0n) is 12.3. The van der Waals surface area contributed by atoms with E-state index in [0.717, 1.165) is 28.1 Å². The van der Waals surface area contributed by atoms with Gasteiger partial charge in [0.2, 0.25) is 0 Å². The Morgan fingerprint density at radius 2 is 2.14 bits per heavy atom. The summed E-state index contributed by atoms with van der Waals surface area (Å²) in [5.41, 5.74) is 11.2. The second-order valence-electron chi connectivity index (χ2n) is 4.98. The maximum absolute atomic E-state index is 9.43. The maximum Gasteiger partial charge on any atom is 0.142 e. The average Bonchev–Trinajstić information content (AvgIpc) is 2.86. The van der Waals surface area contributed by atoms with Gasteiger partial charge in [-0.1, -0.05) is 0 Å². The van der Waals surface area contributed by atoms with Gasteiger partial charge in [0.1, 0.15) is 17.5 Å². The number of anilines is 1. The number of aromatic amines is 1. The number of nitrogens with one attached hydrogen (secondary N) is 1. The van der Waals surface area contributed by atoms with Crippen LogP contribution in [-0.2, 0) is 0 Å². The number of aromatic nitrogens is 4. The number of nitriles is 1. The molecule has 0 saturated heterocycles. The second kappa shape index (κ2) is 5.30. The van der Waals surface area contributed by atoms with Crippen LogP contribution < -0.4 is 5.73 Å². The molecule has 3 aromatic heterocycles. The summed E-state index contributed by atoms with van der Waals surface area (Å²) >= 11 is 0. The summed E-state index contributed by atoms with van der Waals surface area (Å²) in [4.78, 5) is 8.43. The molecule has 0 fully saturated rings. The first kappa shape index (κ1) is 13.8. The molecule has 0 aromatic carbocycles. The minimum Gasteiger partial charge on any atom is -0.383 e. The molecule has 3 rings (SSSR count). The summed E-state index contributed by atoms with van der Waals surface area (Å²) in [6, 6.07) is 7.73. The number of nitrogens with two attached hydrogens (primary N) is 1. The Hall–Kier alpha value is -3.20. The number of rotatable bonds is 2. The molecular formula is C16H14N6. The Labute approximate surface area is 127 Å². The number of nitrogen functional groups attached to an aromatic ring is 1. The molecule has 0 aliphatic carbocycles. The van der Waals surface area contributed by atoms with Gasteiger partial charge in [0.25, 0.3) is 0 Å². The van der Waals surface area contributed by atoms with Gasteiger partial charge in [-0.2, -0.15) is 10.4 Å². The predicted octanol–water partition coefficient (Wildman–Crippen LogP) is 2.60. The fraction of sp³-hybridized carbons (Fsp3) is 0.125. The molecule has 0 spiro atoms. The molecule has 0 unspecified atom stereocenters. The van der Waals surface area contributed by atoms with E-state index in [1.807, 2.05) is 32.0 Å². The van der Waals surface area contributed by atoms with Crippen LogP contribution in [-0.4, -0.2) is 20.2 Å². The van der Waals surface area contributed by atoms with Gasteiger partial charge in [-0.05, 0) is 32.0 Å². The van der Waals surface area contributed by atoms with Crippen molar-refractivity contribution in [2.45, 2.75) is 13.8 Å². The quantitative estimate of drug-likeness (QED) is 0.754. The van der Waals surface area contributed by atoms with Crippen LogP contribution in [0, 0.1) is 25.2 Å². The van der Waals surface area contributed by atoms with Crippen molar-refractivity contribution in [2.24, 2.45) is 0 Å². The van der Waals surface area contributed by atoms with E-state index in [4.69, 9.17) is 5.73 Å². The molecule has 6 heteroatoms. The van der Waals surface area contributed by atoms with Crippen LogP contribution in [0.25, 0.3) is 22.4 Å². The third-order valence-electron chi connectivity index (χ3n) is 3.51. The van der Waals surface area contributed by atoms with Crippen molar-refractivity contribution >= 4 is 5.82 Å².